The molecule has 632 valence electrons. The monoisotopic (exact) mass is 1590 g/mol. The van der Waals surface area contributed by atoms with Crippen molar-refractivity contribution in [3.05, 3.63) is 182 Å². The maximum atomic E-state index is 13.0. The molecule has 0 saturated carbocycles. The second-order valence-corrected chi connectivity index (χ2v) is 31.1. The topological polar surface area (TPSA) is 231 Å². The number of aliphatic hydroxyl groups is 2. The number of hydrogen-bond acceptors (Lipinski definition) is 14. The highest BCUT2D eigenvalue weighted by Crippen LogP contribution is 2.45. The number of hydrogen-bond donors (Lipinski definition) is 4. The first-order chi connectivity index (χ1) is 54.2. The van der Waals surface area contributed by atoms with E-state index in [-0.39, 0.29) is 19.3 Å². The molecular weight excluding hydrogens is 1430 g/mol. The van der Waals surface area contributed by atoms with E-state index in [1.807, 2.05) is 0 Å². The number of esters is 3. The highest BCUT2D eigenvalue weighted by atomic mass is 31.2. The Labute approximate surface area is 675 Å². The first-order valence-corrected chi connectivity index (χ1v) is 46.1. The summed E-state index contributed by atoms with van der Waals surface area (Å²) in [6.45, 7) is 2.40. The van der Waals surface area contributed by atoms with Crippen molar-refractivity contribution >= 4 is 33.6 Å². The van der Waals surface area contributed by atoms with E-state index in [0.29, 0.717) is 19.3 Å². The Balaban J connectivity index is 4.67. The number of carbonyl (C=O) groups is 3. The highest BCUT2D eigenvalue weighted by Gasteiger charge is 2.29. The van der Waals surface area contributed by atoms with Gasteiger partial charge in [0.25, 0.3) is 0 Å². The SMILES string of the molecule is CC/C=C\C/C=C\C/C=C\C/C=C\C/C=C\C/C=C\CCCCCCCCCCCCC(=O)OCC(O)COP(=O)(O)OCC(O)COP(=O)(O)OCC(COC(=O)CCCCCCCCCCC/C=C\C/C=C\C/C=C\C/C=C\CCCCC)OC(=O)CCCCCCC/C=C\C/C=C\C/C=C\C/C=C\C/C=C\CC. The number of ether oxygens (including phenoxy) is 3. The van der Waals surface area contributed by atoms with Gasteiger partial charge in [0, 0.05) is 19.3 Å². The molecule has 0 saturated heterocycles. The molecule has 5 unspecified atom stereocenters. The molecule has 0 aliphatic rings. The number of carbonyl (C=O) groups excluding carboxylic acids is 3. The van der Waals surface area contributed by atoms with Crippen molar-refractivity contribution in [3.63, 3.8) is 0 Å². The lowest BCUT2D eigenvalue weighted by molar-refractivity contribution is -0.161. The number of allylic oxidation sites excluding steroid dienone is 30. The van der Waals surface area contributed by atoms with Crippen LogP contribution >= 0.6 is 15.6 Å². The number of aliphatic hydroxyl groups excluding tert-OH is 2. The summed E-state index contributed by atoms with van der Waals surface area (Å²) in [4.78, 5) is 58.9. The zero-order valence-corrected chi connectivity index (χ0v) is 71.1. The Morgan fingerprint density at radius 3 is 0.757 bits per heavy atom. The second kappa shape index (κ2) is 84.1. The average molecular weight is 1590 g/mol. The van der Waals surface area contributed by atoms with Crippen LogP contribution in [0.25, 0.3) is 0 Å². The minimum absolute atomic E-state index is 0.0749. The van der Waals surface area contributed by atoms with E-state index in [2.05, 4.69) is 203 Å². The van der Waals surface area contributed by atoms with Crippen LogP contribution in [-0.4, -0.2) is 95.9 Å². The summed E-state index contributed by atoms with van der Waals surface area (Å²) in [5, 5.41) is 20.7. The molecule has 0 bridgehead atoms. The molecule has 0 amide bonds. The Morgan fingerprint density at radius 2 is 0.477 bits per heavy atom. The van der Waals surface area contributed by atoms with Gasteiger partial charge in [-0.25, -0.2) is 9.13 Å². The van der Waals surface area contributed by atoms with Gasteiger partial charge in [-0.15, -0.1) is 0 Å². The summed E-state index contributed by atoms with van der Waals surface area (Å²) in [5.74, 6) is -1.61. The van der Waals surface area contributed by atoms with Crippen molar-refractivity contribution in [1.29, 1.82) is 0 Å². The number of phosphoric acid groups is 2. The summed E-state index contributed by atoms with van der Waals surface area (Å²) in [6, 6.07) is 0. The van der Waals surface area contributed by atoms with Gasteiger partial charge in [-0.05, 0) is 161 Å². The van der Waals surface area contributed by atoms with Gasteiger partial charge in [-0.3, -0.25) is 32.5 Å². The fourth-order valence-electron chi connectivity index (χ4n) is 11.1. The molecule has 0 aromatic carbocycles. The molecule has 0 rings (SSSR count). The summed E-state index contributed by atoms with van der Waals surface area (Å²) in [6.07, 6.45) is 109. The van der Waals surface area contributed by atoms with Gasteiger partial charge in [-0.1, -0.05) is 331 Å². The maximum Gasteiger partial charge on any atom is 0.472 e. The predicted molar refractivity (Wildman–Crippen MR) is 463 cm³/mol. The Hall–Kier alpha value is -5.35. The fourth-order valence-corrected chi connectivity index (χ4v) is 12.7. The molecule has 0 aliphatic heterocycles. The standard InChI is InChI=1S/C93H154O16P2/c1-4-7-10-13-16-19-22-25-28-31-34-37-39-41-42-43-44-46-48-50-52-55-58-61-64-67-70-73-76-79-91(96)103-82-88(94)83-105-110(99,100)106-84-89(95)85-107-111(101,102)108-87-90(109-93(98)81-78-75-72-69-66-63-60-57-54-49-36-33-30-27-24-21-18-15-12-9-6-3)86-104-92(97)80-77-74-71-68-65-62-59-56-53-51-47-45-40-38-35-32-29-26-23-20-17-14-11-8-5-2/h7,9-10,12,16-21,25-30,34-38,41-42,44-47,49,57,60,88-90,94-95H,4-6,8,11,13-15,22-24,31-33,39-40,43,48,50-56,58-59,61-87H2,1-3H3,(H,99,100)(H,101,102)/b10-7-,12-9-,19-16-,20-17-,21-18-,28-25-,29-26-,30-27-,37-34-,38-35-,42-41-,46-44-,47-45-,49-36-,60-57-. The van der Waals surface area contributed by atoms with Crippen molar-refractivity contribution < 1.29 is 75.8 Å². The van der Waals surface area contributed by atoms with Gasteiger partial charge >= 0.3 is 33.6 Å². The molecular formula is C93H154O16P2. The third-order valence-corrected chi connectivity index (χ3v) is 19.5. The average Bonchev–Trinajstić information content (AvgIpc) is 0.898. The molecule has 0 fully saturated rings. The van der Waals surface area contributed by atoms with Crippen LogP contribution in [0.4, 0.5) is 0 Å². The maximum absolute atomic E-state index is 13.0. The quantitative estimate of drug-likeness (QED) is 0.0146. The zero-order chi connectivity index (χ0) is 80.8. The minimum Gasteiger partial charge on any atom is -0.463 e. The number of phosphoric ester groups is 2. The predicted octanol–water partition coefficient (Wildman–Crippen LogP) is 26.1. The smallest absolute Gasteiger partial charge is 0.463 e. The molecule has 4 N–H and O–H groups in total. The van der Waals surface area contributed by atoms with Crippen LogP contribution in [0.5, 0.6) is 0 Å². The summed E-state index contributed by atoms with van der Waals surface area (Å²) >= 11 is 0. The summed E-state index contributed by atoms with van der Waals surface area (Å²) in [7, 11) is -9.82. The van der Waals surface area contributed by atoms with Crippen LogP contribution in [0.3, 0.4) is 0 Å². The molecule has 18 heteroatoms. The van der Waals surface area contributed by atoms with Gasteiger partial charge in [0.1, 0.15) is 25.4 Å². The van der Waals surface area contributed by atoms with E-state index < -0.39 is 91.5 Å². The van der Waals surface area contributed by atoms with E-state index in [0.717, 1.165) is 186 Å². The lowest BCUT2D eigenvalue weighted by atomic mass is 10.1. The van der Waals surface area contributed by atoms with Crippen molar-refractivity contribution in [2.24, 2.45) is 0 Å². The van der Waals surface area contributed by atoms with E-state index in [1.165, 1.54) is 83.5 Å². The van der Waals surface area contributed by atoms with Gasteiger partial charge in [0.15, 0.2) is 6.10 Å². The minimum atomic E-state index is -4.95. The third kappa shape index (κ3) is 85.4. The van der Waals surface area contributed by atoms with Crippen molar-refractivity contribution in [2.45, 2.75) is 347 Å². The molecule has 0 aliphatic carbocycles. The van der Waals surface area contributed by atoms with Crippen molar-refractivity contribution in [2.75, 3.05) is 39.6 Å². The van der Waals surface area contributed by atoms with Gasteiger partial charge in [-0.2, -0.15) is 0 Å². The van der Waals surface area contributed by atoms with Crippen LogP contribution < -0.4 is 0 Å². The first-order valence-electron chi connectivity index (χ1n) is 43.1. The molecule has 16 nitrogen and oxygen atoms in total. The normalized spacial score (nSPS) is 14.8. The third-order valence-electron chi connectivity index (χ3n) is 17.6. The molecule has 5 atom stereocenters. The molecule has 0 spiro atoms. The van der Waals surface area contributed by atoms with Gasteiger partial charge in [0.2, 0.25) is 0 Å². The number of unbranched alkanes of at least 4 members (excludes halogenated alkanes) is 27. The van der Waals surface area contributed by atoms with Crippen LogP contribution in [0.2, 0.25) is 0 Å². The van der Waals surface area contributed by atoms with Crippen LogP contribution in [0.1, 0.15) is 329 Å². The molecule has 111 heavy (non-hydrogen) atoms. The van der Waals surface area contributed by atoms with Gasteiger partial charge < -0.3 is 34.2 Å². The largest absolute Gasteiger partial charge is 0.472 e. The van der Waals surface area contributed by atoms with Crippen molar-refractivity contribution in [1.82, 2.24) is 0 Å². The van der Waals surface area contributed by atoms with E-state index in [1.54, 1.807) is 0 Å². The first kappa shape index (κ1) is 106. The van der Waals surface area contributed by atoms with E-state index in [9.17, 15) is 43.5 Å². The van der Waals surface area contributed by atoms with Gasteiger partial charge in [0.05, 0.1) is 26.4 Å². The Bertz CT molecular complexity index is 2750. The Morgan fingerprint density at radius 1 is 0.261 bits per heavy atom. The summed E-state index contributed by atoms with van der Waals surface area (Å²) in [5.41, 5.74) is 0. The molecule has 0 heterocycles. The summed E-state index contributed by atoms with van der Waals surface area (Å²) < 4.78 is 61.3. The van der Waals surface area contributed by atoms with Crippen LogP contribution in [-0.2, 0) is 55.8 Å². The van der Waals surface area contributed by atoms with Crippen LogP contribution in [0, 0.1) is 0 Å². The molecule has 0 aromatic heterocycles. The lowest BCUT2D eigenvalue weighted by Crippen LogP contribution is -2.30. The fraction of sp³-hybridized carbons (Fsp3) is 0.645. The molecule has 0 radical (unpaired) electrons. The lowest BCUT2D eigenvalue weighted by Gasteiger charge is -2.21. The second-order valence-electron chi connectivity index (χ2n) is 28.2. The van der Waals surface area contributed by atoms with E-state index >= 15 is 0 Å². The highest BCUT2D eigenvalue weighted by molar-refractivity contribution is 7.47. The number of rotatable bonds is 80. The van der Waals surface area contributed by atoms with Crippen molar-refractivity contribution in [3.8, 4) is 0 Å². The Kier molecular flexibility index (Phi) is 80.0. The molecule has 0 aromatic rings. The van der Waals surface area contributed by atoms with E-state index in [4.69, 9.17) is 32.3 Å². The zero-order valence-electron chi connectivity index (χ0n) is 69.3. The van der Waals surface area contributed by atoms with Crippen LogP contribution in [0.15, 0.2) is 182 Å².